The van der Waals surface area contributed by atoms with E-state index >= 15 is 0 Å². The molecule has 184 valence electrons. The summed E-state index contributed by atoms with van der Waals surface area (Å²) in [5.41, 5.74) is 7.41. The molecule has 0 aromatic heterocycles. The summed E-state index contributed by atoms with van der Waals surface area (Å²) in [7, 11) is 7.96. The largest absolute Gasteiger partial charge is 0.441 e. The number of hydrogen-bond donors (Lipinski definition) is 1. The first-order chi connectivity index (χ1) is 16.7. The van der Waals surface area contributed by atoms with Crippen LogP contribution in [0.4, 0.5) is 17.1 Å². The number of benzene rings is 3. The van der Waals surface area contributed by atoms with E-state index in [2.05, 4.69) is 60.5 Å². The minimum Gasteiger partial charge on any atom is -0.441 e. The van der Waals surface area contributed by atoms with Crippen molar-refractivity contribution in [2.75, 3.05) is 56.6 Å². The SMILES string of the molecule is CCOCNc1c(C)ccc(C2(c3ccc(N(C)C)cc3)OC(=O)c3cc(N(C)C)ccc32)c1C. The maximum absolute atomic E-state index is 13.4. The molecule has 0 saturated heterocycles. The molecular weight excluding hydrogens is 438 g/mol. The van der Waals surface area contributed by atoms with E-state index in [1.807, 2.05) is 58.2 Å². The predicted molar refractivity (Wildman–Crippen MR) is 143 cm³/mol. The van der Waals surface area contributed by atoms with Crippen LogP contribution in [0.1, 0.15) is 45.1 Å². The smallest absolute Gasteiger partial charge is 0.340 e. The molecule has 6 heteroatoms. The Balaban J connectivity index is 1.97. The third-order valence-corrected chi connectivity index (χ3v) is 6.76. The van der Waals surface area contributed by atoms with Crippen molar-refractivity contribution in [2.45, 2.75) is 26.4 Å². The summed E-state index contributed by atoms with van der Waals surface area (Å²) in [6.07, 6.45) is 0. The minimum atomic E-state index is -1.05. The van der Waals surface area contributed by atoms with E-state index in [9.17, 15) is 4.79 Å². The predicted octanol–water partition coefficient (Wildman–Crippen LogP) is 5.30. The third-order valence-electron chi connectivity index (χ3n) is 6.76. The number of aryl methyl sites for hydroxylation is 1. The summed E-state index contributed by atoms with van der Waals surface area (Å²) in [6.45, 7) is 7.16. The van der Waals surface area contributed by atoms with Crippen molar-refractivity contribution in [2.24, 2.45) is 0 Å². The average molecular weight is 474 g/mol. The molecule has 3 aromatic carbocycles. The molecule has 0 bridgehead atoms. The van der Waals surface area contributed by atoms with E-state index in [0.717, 1.165) is 44.9 Å². The second-order valence-electron chi connectivity index (χ2n) is 9.38. The van der Waals surface area contributed by atoms with Crippen LogP contribution in [0.5, 0.6) is 0 Å². The number of fused-ring (bicyclic) bond motifs is 1. The quantitative estimate of drug-likeness (QED) is 0.272. The van der Waals surface area contributed by atoms with Crippen molar-refractivity contribution in [3.05, 3.63) is 88.0 Å². The molecule has 1 aliphatic heterocycles. The maximum atomic E-state index is 13.4. The highest BCUT2D eigenvalue weighted by Gasteiger charge is 2.49. The van der Waals surface area contributed by atoms with Crippen LogP contribution in [0.25, 0.3) is 0 Å². The molecule has 35 heavy (non-hydrogen) atoms. The van der Waals surface area contributed by atoms with Crippen molar-refractivity contribution < 1.29 is 14.3 Å². The summed E-state index contributed by atoms with van der Waals surface area (Å²) in [6, 6.07) is 18.4. The fourth-order valence-corrected chi connectivity index (χ4v) is 4.83. The molecule has 0 spiro atoms. The van der Waals surface area contributed by atoms with Gasteiger partial charge in [0.1, 0.15) is 6.73 Å². The lowest BCUT2D eigenvalue weighted by Gasteiger charge is -2.33. The Kier molecular flexibility index (Phi) is 6.77. The summed E-state index contributed by atoms with van der Waals surface area (Å²) in [5.74, 6) is -0.316. The molecule has 4 rings (SSSR count). The second-order valence-corrected chi connectivity index (χ2v) is 9.38. The first kappa shape index (κ1) is 24.6. The lowest BCUT2D eigenvalue weighted by atomic mass is 9.77. The van der Waals surface area contributed by atoms with E-state index in [1.54, 1.807) is 0 Å². The number of hydrogen-bond acceptors (Lipinski definition) is 6. The normalized spacial score (nSPS) is 16.6. The van der Waals surface area contributed by atoms with Crippen molar-refractivity contribution in [1.82, 2.24) is 0 Å². The Bertz CT molecular complexity index is 1230. The van der Waals surface area contributed by atoms with Gasteiger partial charge in [0.05, 0.1) is 5.56 Å². The van der Waals surface area contributed by atoms with Crippen molar-refractivity contribution in [1.29, 1.82) is 0 Å². The van der Waals surface area contributed by atoms with Crippen molar-refractivity contribution >= 4 is 23.0 Å². The highest BCUT2D eigenvalue weighted by molar-refractivity contribution is 5.97. The number of carbonyl (C=O) groups is 1. The molecule has 0 fully saturated rings. The van der Waals surface area contributed by atoms with Gasteiger partial charge < -0.3 is 24.6 Å². The molecule has 1 atom stereocenters. The number of nitrogens with one attached hydrogen (secondary N) is 1. The minimum absolute atomic E-state index is 0.316. The van der Waals surface area contributed by atoms with Crippen LogP contribution in [0, 0.1) is 13.8 Å². The standard InChI is InChI=1S/C29H35N3O3/c1-8-34-18-30-27-19(2)9-15-25(20(27)3)29(21-10-12-22(13-11-21)31(4)5)26-16-14-23(32(6)7)17-24(26)28(33)35-29/h9-17,30H,8,18H2,1-7H3. The summed E-state index contributed by atoms with van der Waals surface area (Å²) >= 11 is 0. The van der Waals surface area contributed by atoms with Crippen LogP contribution in [-0.4, -0.2) is 47.5 Å². The zero-order chi connectivity index (χ0) is 25.3. The molecule has 0 aliphatic carbocycles. The van der Waals surface area contributed by atoms with E-state index in [-0.39, 0.29) is 5.97 Å². The van der Waals surface area contributed by atoms with Crippen LogP contribution >= 0.6 is 0 Å². The van der Waals surface area contributed by atoms with Gasteiger partial charge in [0, 0.05) is 68.6 Å². The molecule has 1 N–H and O–H groups in total. The van der Waals surface area contributed by atoms with Gasteiger partial charge in [-0.3, -0.25) is 0 Å². The zero-order valence-corrected chi connectivity index (χ0v) is 21.7. The highest BCUT2D eigenvalue weighted by atomic mass is 16.6. The maximum Gasteiger partial charge on any atom is 0.340 e. The Hall–Kier alpha value is -3.51. The summed E-state index contributed by atoms with van der Waals surface area (Å²) in [4.78, 5) is 17.4. The molecule has 3 aromatic rings. The first-order valence-corrected chi connectivity index (χ1v) is 12.0. The van der Waals surface area contributed by atoms with Gasteiger partial charge in [-0.15, -0.1) is 0 Å². The molecule has 0 saturated carbocycles. The Labute approximate surface area is 208 Å². The lowest BCUT2D eigenvalue weighted by molar-refractivity contribution is 0.0250. The lowest BCUT2D eigenvalue weighted by Crippen LogP contribution is -2.31. The Morgan fingerprint density at radius 2 is 1.51 bits per heavy atom. The molecule has 6 nitrogen and oxygen atoms in total. The second kappa shape index (κ2) is 9.62. The average Bonchev–Trinajstić information content (AvgIpc) is 3.13. The Morgan fingerprint density at radius 1 is 0.886 bits per heavy atom. The molecule has 0 radical (unpaired) electrons. The third kappa shape index (κ3) is 4.23. The molecule has 1 heterocycles. The number of ether oxygens (including phenoxy) is 2. The van der Waals surface area contributed by atoms with Gasteiger partial charge in [-0.1, -0.05) is 30.3 Å². The van der Waals surface area contributed by atoms with Crippen LogP contribution in [-0.2, 0) is 15.1 Å². The van der Waals surface area contributed by atoms with Gasteiger partial charge >= 0.3 is 5.97 Å². The highest BCUT2D eigenvalue weighted by Crippen LogP contribution is 2.50. The zero-order valence-electron chi connectivity index (χ0n) is 21.7. The number of anilines is 3. The van der Waals surface area contributed by atoms with Gasteiger partial charge in [0.2, 0.25) is 0 Å². The van der Waals surface area contributed by atoms with Gasteiger partial charge in [-0.2, -0.15) is 0 Å². The van der Waals surface area contributed by atoms with Gasteiger partial charge in [-0.05, 0) is 56.2 Å². The van der Waals surface area contributed by atoms with Crippen LogP contribution in [0.3, 0.4) is 0 Å². The molecule has 0 amide bonds. The van der Waals surface area contributed by atoms with E-state index in [1.165, 1.54) is 0 Å². The van der Waals surface area contributed by atoms with Crippen LogP contribution in [0.15, 0.2) is 54.6 Å². The van der Waals surface area contributed by atoms with Crippen molar-refractivity contribution in [3.8, 4) is 0 Å². The number of nitrogens with zero attached hydrogens (tertiary/aromatic N) is 2. The van der Waals surface area contributed by atoms with E-state index in [4.69, 9.17) is 9.47 Å². The summed E-state index contributed by atoms with van der Waals surface area (Å²) < 4.78 is 12.0. The fraction of sp³-hybridized carbons (Fsp3) is 0.345. The van der Waals surface area contributed by atoms with E-state index in [0.29, 0.717) is 18.9 Å². The van der Waals surface area contributed by atoms with Gasteiger partial charge in [0.25, 0.3) is 0 Å². The number of rotatable bonds is 8. The fourth-order valence-electron chi connectivity index (χ4n) is 4.83. The Morgan fingerprint density at radius 3 is 2.14 bits per heavy atom. The van der Waals surface area contributed by atoms with Crippen molar-refractivity contribution in [3.63, 3.8) is 0 Å². The van der Waals surface area contributed by atoms with E-state index < -0.39 is 5.60 Å². The monoisotopic (exact) mass is 473 g/mol. The topological polar surface area (TPSA) is 54.0 Å². The molecule has 1 unspecified atom stereocenters. The van der Waals surface area contributed by atoms with Crippen LogP contribution < -0.4 is 15.1 Å². The van der Waals surface area contributed by atoms with Gasteiger partial charge in [-0.25, -0.2) is 4.79 Å². The number of cyclic esters (lactones) is 1. The number of esters is 1. The van der Waals surface area contributed by atoms with Crippen LogP contribution in [0.2, 0.25) is 0 Å². The molecular formula is C29H35N3O3. The van der Waals surface area contributed by atoms with Gasteiger partial charge in [0.15, 0.2) is 5.60 Å². The molecule has 1 aliphatic rings. The first-order valence-electron chi connectivity index (χ1n) is 12.0. The number of carbonyl (C=O) groups excluding carboxylic acids is 1. The summed E-state index contributed by atoms with van der Waals surface area (Å²) in [5, 5.41) is 3.42.